The third kappa shape index (κ3) is 5.75. The highest BCUT2D eigenvalue weighted by atomic mass is 16.1. The SMILES string of the molecule is CC1=CC(C(C)C)c2cc(-c3ccc(CCN(C)C)nc3)cc(C(=O)NCc3c(C)cc(C)[nH]c3=O)c21. The molecule has 194 valence electrons. The van der Waals surface area contributed by atoms with Crippen molar-refractivity contribution in [3.8, 4) is 11.1 Å². The number of pyridine rings is 2. The van der Waals surface area contributed by atoms with Gasteiger partial charge in [-0.3, -0.25) is 14.6 Å². The predicted molar refractivity (Wildman–Crippen MR) is 151 cm³/mol. The topological polar surface area (TPSA) is 78.1 Å². The van der Waals surface area contributed by atoms with Gasteiger partial charge in [-0.25, -0.2) is 0 Å². The van der Waals surface area contributed by atoms with E-state index < -0.39 is 0 Å². The lowest BCUT2D eigenvalue weighted by Crippen LogP contribution is -2.28. The number of likely N-dealkylation sites (N-methyl/N-ethyl adjacent to an activating group) is 1. The van der Waals surface area contributed by atoms with E-state index >= 15 is 0 Å². The fourth-order valence-electron chi connectivity index (χ4n) is 5.15. The molecule has 0 radical (unpaired) electrons. The molecule has 3 aromatic rings. The van der Waals surface area contributed by atoms with Crippen LogP contribution in [0.2, 0.25) is 0 Å². The molecule has 0 bridgehead atoms. The van der Waals surface area contributed by atoms with Crippen molar-refractivity contribution >= 4 is 11.5 Å². The summed E-state index contributed by atoms with van der Waals surface area (Å²) in [5, 5.41) is 3.02. The number of aromatic amines is 1. The normalized spacial score (nSPS) is 14.7. The fraction of sp³-hybridized carbons (Fsp3) is 0.387. The highest BCUT2D eigenvalue weighted by Gasteiger charge is 2.29. The molecule has 0 saturated heterocycles. The molecule has 1 unspecified atom stereocenters. The average Bonchev–Trinajstić information content (AvgIpc) is 3.18. The van der Waals surface area contributed by atoms with Crippen molar-refractivity contribution in [1.82, 2.24) is 20.2 Å². The summed E-state index contributed by atoms with van der Waals surface area (Å²) in [6.45, 7) is 11.4. The maximum Gasteiger partial charge on any atom is 0.253 e. The number of hydrogen-bond donors (Lipinski definition) is 2. The van der Waals surface area contributed by atoms with E-state index in [2.05, 4.69) is 79.3 Å². The summed E-state index contributed by atoms with van der Waals surface area (Å²) in [5.41, 5.74) is 9.06. The molecule has 0 aliphatic heterocycles. The number of nitrogens with zero attached hydrogens (tertiary/aromatic N) is 2. The maximum absolute atomic E-state index is 13.6. The van der Waals surface area contributed by atoms with Crippen molar-refractivity contribution in [3.63, 3.8) is 0 Å². The largest absolute Gasteiger partial charge is 0.348 e. The van der Waals surface area contributed by atoms with E-state index in [1.54, 1.807) is 0 Å². The van der Waals surface area contributed by atoms with Crippen molar-refractivity contribution < 1.29 is 4.79 Å². The van der Waals surface area contributed by atoms with Gasteiger partial charge in [0.25, 0.3) is 11.5 Å². The number of rotatable bonds is 8. The van der Waals surface area contributed by atoms with E-state index in [1.165, 1.54) is 5.56 Å². The van der Waals surface area contributed by atoms with Crippen LogP contribution >= 0.6 is 0 Å². The van der Waals surface area contributed by atoms with Gasteiger partial charge in [0, 0.05) is 59.7 Å². The zero-order valence-corrected chi connectivity index (χ0v) is 23.0. The van der Waals surface area contributed by atoms with E-state index in [0.717, 1.165) is 52.2 Å². The Kier molecular flexibility index (Phi) is 7.79. The lowest BCUT2D eigenvalue weighted by atomic mass is 9.86. The summed E-state index contributed by atoms with van der Waals surface area (Å²) in [6.07, 6.45) is 5.07. The molecule has 37 heavy (non-hydrogen) atoms. The quantitative estimate of drug-likeness (QED) is 0.445. The van der Waals surface area contributed by atoms with Crippen LogP contribution in [0.3, 0.4) is 0 Å². The second-order valence-electron chi connectivity index (χ2n) is 10.8. The minimum atomic E-state index is -0.176. The molecule has 1 aliphatic carbocycles. The Balaban J connectivity index is 1.70. The predicted octanol–water partition coefficient (Wildman–Crippen LogP) is 5.24. The average molecular weight is 499 g/mol. The van der Waals surface area contributed by atoms with Crippen molar-refractivity contribution in [1.29, 1.82) is 0 Å². The zero-order chi connectivity index (χ0) is 26.9. The standard InChI is InChI=1S/C31H38N4O2/c1-18(2)25-13-20(4)29-26(25)14-23(22-8-9-24(32-16-22)10-11-35(6)7)15-27(29)30(36)33-17-28-19(3)12-21(5)34-31(28)37/h8-9,12-16,18,25H,10-11,17H2,1-7H3,(H,33,36)(H,34,37). The fourth-order valence-corrected chi connectivity index (χ4v) is 5.15. The minimum absolute atomic E-state index is 0.159. The van der Waals surface area contributed by atoms with Crippen LogP contribution in [-0.4, -0.2) is 41.4 Å². The van der Waals surface area contributed by atoms with Gasteiger partial charge in [0.05, 0.1) is 0 Å². The van der Waals surface area contributed by atoms with Crippen LogP contribution in [0, 0.1) is 19.8 Å². The number of fused-ring (bicyclic) bond motifs is 1. The number of benzene rings is 1. The molecule has 2 N–H and O–H groups in total. The number of H-pyrrole nitrogens is 1. The van der Waals surface area contributed by atoms with Gasteiger partial charge in [-0.15, -0.1) is 0 Å². The van der Waals surface area contributed by atoms with Crippen LogP contribution in [0.5, 0.6) is 0 Å². The molecule has 6 heteroatoms. The molecular weight excluding hydrogens is 460 g/mol. The first kappa shape index (κ1) is 26.6. The van der Waals surface area contributed by atoms with Gasteiger partial charge in [-0.1, -0.05) is 26.0 Å². The number of carbonyl (C=O) groups is 1. The number of hydrogen-bond acceptors (Lipinski definition) is 4. The van der Waals surface area contributed by atoms with Crippen LogP contribution in [0.15, 0.2) is 47.4 Å². The monoisotopic (exact) mass is 498 g/mol. The van der Waals surface area contributed by atoms with Crippen LogP contribution in [0.4, 0.5) is 0 Å². The van der Waals surface area contributed by atoms with E-state index in [0.29, 0.717) is 17.0 Å². The molecule has 1 atom stereocenters. The van der Waals surface area contributed by atoms with Crippen LogP contribution < -0.4 is 10.9 Å². The molecule has 4 rings (SSSR count). The molecule has 1 aliphatic rings. The van der Waals surface area contributed by atoms with Crippen molar-refractivity contribution in [2.75, 3.05) is 20.6 Å². The molecule has 1 aromatic carbocycles. The van der Waals surface area contributed by atoms with E-state index in [4.69, 9.17) is 0 Å². The molecule has 0 fully saturated rings. The van der Waals surface area contributed by atoms with Crippen LogP contribution in [0.25, 0.3) is 16.7 Å². The second-order valence-corrected chi connectivity index (χ2v) is 10.8. The summed E-state index contributed by atoms with van der Waals surface area (Å²) in [5.74, 6) is 0.476. The number of aromatic nitrogens is 2. The van der Waals surface area contributed by atoms with Crippen LogP contribution in [-0.2, 0) is 13.0 Å². The van der Waals surface area contributed by atoms with Crippen molar-refractivity contribution in [2.24, 2.45) is 5.92 Å². The summed E-state index contributed by atoms with van der Waals surface area (Å²) in [6, 6.07) is 10.3. The first-order chi connectivity index (χ1) is 17.5. The van der Waals surface area contributed by atoms with Gasteiger partial charge in [0.1, 0.15) is 0 Å². The highest BCUT2D eigenvalue weighted by molar-refractivity contribution is 6.02. The van der Waals surface area contributed by atoms with E-state index in [1.807, 2.05) is 32.2 Å². The molecule has 1 amide bonds. The van der Waals surface area contributed by atoms with Gasteiger partial charge >= 0.3 is 0 Å². The lowest BCUT2D eigenvalue weighted by molar-refractivity contribution is 0.0950. The number of allylic oxidation sites excluding steroid dienone is 2. The number of amides is 1. The Morgan fingerprint density at radius 1 is 1.11 bits per heavy atom. The summed E-state index contributed by atoms with van der Waals surface area (Å²) < 4.78 is 0. The lowest BCUT2D eigenvalue weighted by Gasteiger charge is -2.19. The van der Waals surface area contributed by atoms with Crippen molar-refractivity contribution in [2.45, 2.75) is 53.5 Å². The first-order valence-corrected chi connectivity index (χ1v) is 13.0. The molecule has 0 saturated carbocycles. The second kappa shape index (κ2) is 10.9. The molecule has 2 heterocycles. The molecule has 0 spiro atoms. The Morgan fingerprint density at radius 3 is 2.49 bits per heavy atom. The number of aryl methyl sites for hydroxylation is 2. The summed E-state index contributed by atoms with van der Waals surface area (Å²) in [7, 11) is 4.12. The Hall–Kier alpha value is -3.51. The van der Waals surface area contributed by atoms with Gasteiger partial charge in [0.15, 0.2) is 0 Å². The van der Waals surface area contributed by atoms with Gasteiger partial charge in [-0.05, 0) is 92.9 Å². The van der Waals surface area contributed by atoms with E-state index in [-0.39, 0.29) is 23.9 Å². The highest BCUT2D eigenvalue weighted by Crippen LogP contribution is 2.43. The first-order valence-electron chi connectivity index (χ1n) is 13.0. The zero-order valence-electron chi connectivity index (χ0n) is 23.0. The van der Waals surface area contributed by atoms with Gasteiger partial charge in [0.2, 0.25) is 0 Å². The minimum Gasteiger partial charge on any atom is -0.348 e. The Labute approximate surface area is 219 Å². The number of nitrogens with one attached hydrogen (secondary N) is 2. The molecular formula is C31H38N4O2. The van der Waals surface area contributed by atoms with E-state index in [9.17, 15) is 9.59 Å². The van der Waals surface area contributed by atoms with Crippen molar-refractivity contribution in [3.05, 3.63) is 92.2 Å². The molecule has 6 nitrogen and oxygen atoms in total. The number of carbonyl (C=O) groups excluding carboxylic acids is 1. The van der Waals surface area contributed by atoms with Gasteiger partial charge < -0.3 is 15.2 Å². The smallest absolute Gasteiger partial charge is 0.253 e. The molecule has 2 aromatic heterocycles. The summed E-state index contributed by atoms with van der Waals surface area (Å²) in [4.78, 5) is 35.8. The van der Waals surface area contributed by atoms with Crippen LogP contribution in [0.1, 0.15) is 70.7 Å². The Bertz CT molecular complexity index is 1400. The Morgan fingerprint density at radius 2 is 1.86 bits per heavy atom. The third-order valence-electron chi connectivity index (χ3n) is 7.21. The third-order valence-corrected chi connectivity index (χ3v) is 7.21. The summed E-state index contributed by atoms with van der Waals surface area (Å²) >= 11 is 0. The maximum atomic E-state index is 13.6. The van der Waals surface area contributed by atoms with Gasteiger partial charge in [-0.2, -0.15) is 0 Å².